The van der Waals surface area contributed by atoms with Crippen LogP contribution < -0.4 is 5.32 Å². The molecule has 0 aliphatic rings. The number of halogens is 3. The fourth-order valence-corrected chi connectivity index (χ4v) is 3.30. The van der Waals surface area contributed by atoms with Gasteiger partial charge in [-0.3, -0.25) is 4.79 Å². The van der Waals surface area contributed by atoms with E-state index in [2.05, 4.69) is 15.5 Å². The van der Waals surface area contributed by atoms with E-state index in [-0.39, 0.29) is 5.69 Å². The standard InChI is InChI=1S/C19H17F3N4OS/c1-12(17(27)23-15-10-6-9-14(11-15)19(20,21)22)28-18-25-24-16(26(18)2)13-7-4-3-5-8-13/h3-12H,1-2H3,(H,23,27)/t12-/m0/s1. The summed E-state index contributed by atoms with van der Waals surface area (Å²) in [5.41, 5.74) is 0.173. The number of rotatable bonds is 5. The molecule has 1 amide bonds. The van der Waals surface area contributed by atoms with Crippen LogP contribution in [0.3, 0.4) is 0 Å². The molecule has 0 saturated heterocycles. The maximum atomic E-state index is 12.8. The molecule has 9 heteroatoms. The monoisotopic (exact) mass is 406 g/mol. The van der Waals surface area contributed by atoms with Gasteiger partial charge in [-0.05, 0) is 25.1 Å². The second-order valence-electron chi connectivity index (χ2n) is 6.06. The summed E-state index contributed by atoms with van der Waals surface area (Å²) >= 11 is 1.18. The summed E-state index contributed by atoms with van der Waals surface area (Å²) < 4.78 is 40.2. The molecule has 3 rings (SSSR count). The van der Waals surface area contributed by atoms with E-state index in [0.29, 0.717) is 11.0 Å². The maximum absolute atomic E-state index is 12.8. The third kappa shape index (κ3) is 4.53. The lowest BCUT2D eigenvalue weighted by atomic mass is 10.2. The van der Waals surface area contributed by atoms with E-state index in [9.17, 15) is 18.0 Å². The number of alkyl halides is 3. The lowest BCUT2D eigenvalue weighted by Crippen LogP contribution is -2.23. The van der Waals surface area contributed by atoms with Crippen LogP contribution in [0.25, 0.3) is 11.4 Å². The SMILES string of the molecule is C[C@H](Sc1nnc(-c2ccccc2)n1C)C(=O)Nc1cccc(C(F)(F)F)c1. The molecule has 0 aliphatic carbocycles. The number of hydrogen-bond donors (Lipinski definition) is 1. The first-order valence-electron chi connectivity index (χ1n) is 8.35. The van der Waals surface area contributed by atoms with Crippen molar-refractivity contribution in [3.63, 3.8) is 0 Å². The molecule has 146 valence electrons. The van der Waals surface area contributed by atoms with Gasteiger partial charge < -0.3 is 9.88 Å². The van der Waals surface area contributed by atoms with E-state index in [4.69, 9.17) is 0 Å². The van der Waals surface area contributed by atoms with Crippen molar-refractivity contribution < 1.29 is 18.0 Å². The molecule has 1 heterocycles. The molecule has 0 saturated carbocycles. The Morgan fingerprint density at radius 1 is 1.11 bits per heavy atom. The molecular weight excluding hydrogens is 389 g/mol. The fourth-order valence-electron chi connectivity index (χ4n) is 2.48. The van der Waals surface area contributed by atoms with Crippen molar-refractivity contribution in [3.05, 3.63) is 60.2 Å². The number of hydrogen-bond acceptors (Lipinski definition) is 4. The summed E-state index contributed by atoms with van der Waals surface area (Å²) in [5.74, 6) is 0.238. The molecule has 1 atom stereocenters. The zero-order valence-corrected chi connectivity index (χ0v) is 15.9. The van der Waals surface area contributed by atoms with Crippen LogP contribution in [-0.2, 0) is 18.0 Å². The Labute approximate surface area is 164 Å². The average Bonchev–Trinajstić information content (AvgIpc) is 3.02. The number of amides is 1. The fraction of sp³-hybridized carbons (Fsp3) is 0.211. The van der Waals surface area contributed by atoms with Crippen LogP contribution in [0.5, 0.6) is 0 Å². The van der Waals surface area contributed by atoms with Crippen LogP contribution in [0.2, 0.25) is 0 Å². The minimum atomic E-state index is -4.46. The molecule has 28 heavy (non-hydrogen) atoms. The van der Waals surface area contributed by atoms with E-state index in [1.54, 1.807) is 18.5 Å². The number of nitrogens with zero attached hydrogens (tertiary/aromatic N) is 3. The van der Waals surface area contributed by atoms with Gasteiger partial charge in [-0.2, -0.15) is 13.2 Å². The van der Waals surface area contributed by atoms with Crippen molar-refractivity contribution >= 4 is 23.4 Å². The van der Waals surface area contributed by atoms with E-state index in [0.717, 1.165) is 17.7 Å². The Bertz CT molecular complexity index is 973. The molecule has 5 nitrogen and oxygen atoms in total. The lowest BCUT2D eigenvalue weighted by molar-refractivity contribution is -0.137. The topological polar surface area (TPSA) is 59.8 Å². The molecule has 0 spiro atoms. The number of benzene rings is 2. The van der Waals surface area contributed by atoms with Crippen molar-refractivity contribution in [2.75, 3.05) is 5.32 Å². The van der Waals surface area contributed by atoms with Gasteiger partial charge in [-0.25, -0.2) is 0 Å². The van der Waals surface area contributed by atoms with Gasteiger partial charge in [-0.1, -0.05) is 48.2 Å². The predicted molar refractivity (Wildman–Crippen MR) is 102 cm³/mol. The zero-order chi connectivity index (χ0) is 20.3. The zero-order valence-electron chi connectivity index (χ0n) is 15.1. The molecule has 3 aromatic rings. The second kappa shape index (κ2) is 8.05. The average molecular weight is 406 g/mol. The summed E-state index contributed by atoms with van der Waals surface area (Å²) in [6.45, 7) is 1.66. The molecule has 1 aromatic heterocycles. The first kappa shape index (κ1) is 19.9. The highest BCUT2D eigenvalue weighted by Gasteiger charge is 2.30. The molecule has 2 aromatic carbocycles. The molecule has 0 bridgehead atoms. The highest BCUT2D eigenvalue weighted by molar-refractivity contribution is 8.00. The molecule has 0 aliphatic heterocycles. The van der Waals surface area contributed by atoms with Crippen LogP contribution in [0, 0.1) is 0 Å². The number of carbonyl (C=O) groups excluding carboxylic acids is 1. The Balaban J connectivity index is 1.69. The van der Waals surface area contributed by atoms with Crippen molar-refractivity contribution in [3.8, 4) is 11.4 Å². The minimum Gasteiger partial charge on any atom is -0.325 e. The van der Waals surface area contributed by atoms with Crippen LogP contribution in [0.1, 0.15) is 12.5 Å². The van der Waals surface area contributed by atoms with Gasteiger partial charge in [0.05, 0.1) is 10.8 Å². The molecular formula is C19H17F3N4OS. The van der Waals surface area contributed by atoms with Gasteiger partial charge in [0.15, 0.2) is 11.0 Å². The molecule has 0 radical (unpaired) electrons. The van der Waals surface area contributed by atoms with E-state index in [1.165, 1.54) is 23.9 Å². The van der Waals surface area contributed by atoms with Gasteiger partial charge in [0.1, 0.15) is 0 Å². The highest BCUT2D eigenvalue weighted by atomic mass is 32.2. The van der Waals surface area contributed by atoms with E-state index < -0.39 is 22.9 Å². The number of carbonyl (C=O) groups is 1. The van der Waals surface area contributed by atoms with Crippen molar-refractivity contribution in [1.82, 2.24) is 14.8 Å². The van der Waals surface area contributed by atoms with Gasteiger partial charge in [0.2, 0.25) is 5.91 Å². The number of nitrogens with one attached hydrogen (secondary N) is 1. The normalized spacial score (nSPS) is 12.6. The summed E-state index contributed by atoms with van der Waals surface area (Å²) in [6, 6.07) is 14.0. The van der Waals surface area contributed by atoms with E-state index >= 15 is 0 Å². The molecule has 0 unspecified atom stereocenters. The minimum absolute atomic E-state index is 0.0928. The summed E-state index contributed by atoms with van der Waals surface area (Å²) in [7, 11) is 1.79. The van der Waals surface area contributed by atoms with Crippen molar-refractivity contribution in [2.45, 2.75) is 23.5 Å². The predicted octanol–water partition coefficient (Wildman–Crippen LogP) is 4.62. The van der Waals surface area contributed by atoms with Gasteiger partial charge >= 0.3 is 6.18 Å². The third-order valence-corrected chi connectivity index (χ3v) is 5.11. The Morgan fingerprint density at radius 3 is 2.50 bits per heavy atom. The smallest absolute Gasteiger partial charge is 0.325 e. The van der Waals surface area contributed by atoms with Crippen LogP contribution in [-0.4, -0.2) is 25.9 Å². The largest absolute Gasteiger partial charge is 0.416 e. The highest BCUT2D eigenvalue weighted by Crippen LogP contribution is 2.31. The quantitative estimate of drug-likeness (QED) is 0.628. The van der Waals surface area contributed by atoms with Crippen molar-refractivity contribution in [2.24, 2.45) is 7.05 Å². The maximum Gasteiger partial charge on any atom is 0.416 e. The molecule has 0 fully saturated rings. The van der Waals surface area contributed by atoms with Gasteiger partial charge in [-0.15, -0.1) is 10.2 Å². The van der Waals surface area contributed by atoms with Crippen LogP contribution in [0.15, 0.2) is 59.8 Å². The Kier molecular flexibility index (Phi) is 5.73. The second-order valence-corrected chi connectivity index (χ2v) is 7.37. The Hall–Kier alpha value is -2.81. The van der Waals surface area contributed by atoms with Crippen LogP contribution in [0.4, 0.5) is 18.9 Å². The first-order valence-corrected chi connectivity index (χ1v) is 9.23. The summed E-state index contributed by atoms with van der Waals surface area (Å²) in [6.07, 6.45) is -4.46. The number of anilines is 1. The van der Waals surface area contributed by atoms with Gasteiger partial charge in [0, 0.05) is 18.3 Å². The summed E-state index contributed by atoms with van der Waals surface area (Å²) in [5, 5.41) is 10.7. The summed E-state index contributed by atoms with van der Waals surface area (Å²) in [4.78, 5) is 12.4. The third-order valence-electron chi connectivity index (χ3n) is 3.98. The van der Waals surface area contributed by atoms with Crippen molar-refractivity contribution in [1.29, 1.82) is 0 Å². The lowest BCUT2D eigenvalue weighted by Gasteiger charge is -2.13. The van der Waals surface area contributed by atoms with E-state index in [1.807, 2.05) is 30.3 Å². The van der Waals surface area contributed by atoms with Crippen LogP contribution >= 0.6 is 11.8 Å². The Morgan fingerprint density at radius 2 is 1.82 bits per heavy atom. The first-order chi connectivity index (χ1) is 13.3. The number of thioether (sulfide) groups is 1. The molecule has 1 N–H and O–H groups in total. The van der Waals surface area contributed by atoms with Gasteiger partial charge in [0.25, 0.3) is 0 Å². The number of aromatic nitrogens is 3.